The van der Waals surface area contributed by atoms with E-state index in [2.05, 4.69) is 6.58 Å². The van der Waals surface area contributed by atoms with E-state index in [0.29, 0.717) is 12.8 Å². The van der Waals surface area contributed by atoms with Crippen molar-refractivity contribution in [1.82, 2.24) is 0 Å². The van der Waals surface area contributed by atoms with Gasteiger partial charge in [-0.3, -0.25) is 4.79 Å². The number of hydrogen-bond acceptors (Lipinski definition) is 5. The van der Waals surface area contributed by atoms with Crippen molar-refractivity contribution in [1.29, 1.82) is 0 Å². The predicted molar refractivity (Wildman–Crippen MR) is 53.1 cm³/mol. The average Bonchev–Trinajstić information content (AvgIpc) is 2.52. The van der Waals surface area contributed by atoms with E-state index < -0.39 is 17.9 Å². The van der Waals surface area contributed by atoms with Gasteiger partial charge in [-0.25, -0.2) is 4.79 Å². The van der Waals surface area contributed by atoms with Crippen LogP contribution in [0.15, 0.2) is 12.2 Å². The summed E-state index contributed by atoms with van der Waals surface area (Å²) in [5.41, 5.74) is 0.208. The van der Waals surface area contributed by atoms with E-state index >= 15 is 0 Å². The van der Waals surface area contributed by atoms with Crippen molar-refractivity contribution in [3.8, 4) is 0 Å². The van der Waals surface area contributed by atoms with Crippen LogP contribution in [0.25, 0.3) is 0 Å². The van der Waals surface area contributed by atoms with Gasteiger partial charge in [0, 0.05) is 18.4 Å². The van der Waals surface area contributed by atoms with Crippen molar-refractivity contribution in [3.63, 3.8) is 0 Å². The molecule has 1 aliphatic heterocycles. The molecule has 1 saturated carbocycles. The molecule has 0 spiro atoms. The van der Waals surface area contributed by atoms with Crippen LogP contribution in [0.3, 0.4) is 0 Å². The van der Waals surface area contributed by atoms with Gasteiger partial charge in [0.1, 0.15) is 0 Å². The highest BCUT2D eigenvalue weighted by atomic mass is 16.7. The second-order valence-corrected chi connectivity index (χ2v) is 4.41. The van der Waals surface area contributed by atoms with Gasteiger partial charge in [0.25, 0.3) is 0 Å². The van der Waals surface area contributed by atoms with Crippen molar-refractivity contribution < 1.29 is 24.2 Å². The monoisotopic (exact) mass is 226 g/mol. The molecule has 0 amide bonds. The maximum atomic E-state index is 11.4. The first kappa shape index (κ1) is 11.1. The zero-order valence-corrected chi connectivity index (χ0v) is 9.06. The first-order valence-electron chi connectivity index (χ1n) is 5.24. The van der Waals surface area contributed by atoms with Gasteiger partial charge >= 0.3 is 11.9 Å². The van der Waals surface area contributed by atoms with Gasteiger partial charge in [0.15, 0.2) is 6.10 Å². The highest BCUT2D eigenvalue weighted by Crippen LogP contribution is 2.41. The summed E-state index contributed by atoms with van der Waals surface area (Å²) in [6.07, 6.45) is 0.392. The molecule has 1 heterocycles. The van der Waals surface area contributed by atoms with Crippen LogP contribution in [0, 0.1) is 5.92 Å². The molecule has 2 fully saturated rings. The smallest absolute Gasteiger partial charge is 0.335 e. The van der Waals surface area contributed by atoms with E-state index in [4.69, 9.17) is 9.47 Å². The van der Waals surface area contributed by atoms with Gasteiger partial charge in [-0.1, -0.05) is 6.58 Å². The topological polar surface area (TPSA) is 72.8 Å². The summed E-state index contributed by atoms with van der Waals surface area (Å²) in [6.45, 7) is 4.93. The van der Waals surface area contributed by atoms with Gasteiger partial charge in [-0.2, -0.15) is 0 Å². The highest BCUT2D eigenvalue weighted by molar-refractivity contribution is 5.87. The van der Waals surface area contributed by atoms with Gasteiger partial charge in [-0.05, 0) is 13.3 Å². The van der Waals surface area contributed by atoms with Gasteiger partial charge < -0.3 is 14.6 Å². The third kappa shape index (κ3) is 1.71. The summed E-state index contributed by atoms with van der Waals surface area (Å²) >= 11 is 0. The number of rotatable bonds is 2. The lowest BCUT2D eigenvalue weighted by atomic mass is 9.85. The molecule has 1 N–H and O–H groups in total. The second-order valence-electron chi connectivity index (χ2n) is 4.41. The molecule has 2 bridgehead atoms. The van der Waals surface area contributed by atoms with Crippen LogP contribution in [0.1, 0.15) is 26.2 Å². The van der Waals surface area contributed by atoms with E-state index in [1.54, 1.807) is 0 Å². The van der Waals surface area contributed by atoms with E-state index in [-0.39, 0.29) is 23.9 Å². The normalized spacial score (nSPS) is 36.8. The molecule has 0 aromatic carbocycles. The van der Waals surface area contributed by atoms with Crippen LogP contribution < -0.4 is 0 Å². The first-order valence-corrected chi connectivity index (χ1v) is 5.24. The van der Waals surface area contributed by atoms with E-state index in [1.807, 2.05) is 0 Å². The largest absolute Gasteiger partial charge is 0.455 e. The Morgan fingerprint density at radius 2 is 2.38 bits per heavy atom. The summed E-state index contributed by atoms with van der Waals surface area (Å²) in [5, 5.41) is 10.1. The van der Waals surface area contributed by atoms with Crippen molar-refractivity contribution in [2.45, 2.75) is 38.1 Å². The Labute approximate surface area is 93.0 Å². The molecular weight excluding hydrogens is 212 g/mol. The second kappa shape index (κ2) is 3.59. The Hall–Kier alpha value is -1.36. The summed E-state index contributed by atoms with van der Waals surface area (Å²) in [7, 11) is 0. The molecule has 5 heteroatoms. The number of aliphatic hydroxyl groups is 1. The molecule has 1 saturated heterocycles. The van der Waals surface area contributed by atoms with Crippen molar-refractivity contribution >= 4 is 11.9 Å². The summed E-state index contributed by atoms with van der Waals surface area (Å²) < 4.78 is 9.94. The zero-order valence-electron chi connectivity index (χ0n) is 9.06. The first-order chi connectivity index (χ1) is 7.42. The van der Waals surface area contributed by atoms with Gasteiger partial charge in [0.05, 0.1) is 5.92 Å². The Kier molecular flexibility index (Phi) is 2.50. The lowest BCUT2D eigenvalue weighted by Gasteiger charge is -2.34. The molecule has 88 valence electrons. The van der Waals surface area contributed by atoms with E-state index in [1.165, 1.54) is 6.92 Å². The minimum Gasteiger partial charge on any atom is -0.455 e. The van der Waals surface area contributed by atoms with Crippen LogP contribution in [0.2, 0.25) is 0 Å². The molecule has 3 atom stereocenters. The quantitative estimate of drug-likeness (QED) is 0.422. The van der Waals surface area contributed by atoms with E-state index in [0.717, 1.165) is 0 Å². The van der Waals surface area contributed by atoms with Crippen LogP contribution in [0.4, 0.5) is 0 Å². The van der Waals surface area contributed by atoms with Crippen molar-refractivity contribution in [2.75, 3.05) is 0 Å². The summed E-state index contributed by atoms with van der Waals surface area (Å²) in [6, 6.07) is 0. The Morgan fingerprint density at radius 1 is 1.69 bits per heavy atom. The number of esters is 2. The van der Waals surface area contributed by atoms with Gasteiger partial charge in [-0.15, -0.1) is 0 Å². The SMILES string of the molecule is C=C(C)C(=O)OC1(O)CCC2CC1OC2=O. The predicted octanol–water partition coefficient (Wildman–Crippen LogP) is 0.520. The third-order valence-electron chi connectivity index (χ3n) is 3.06. The molecule has 2 rings (SSSR count). The molecule has 5 nitrogen and oxygen atoms in total. The molecule has 2 aliphatic rings. The molecule has 0 aromatic rings. The van der Waals surface area contributed by atoms with Crippen LogP contribution in [-0.4, -0.2) is 28.9 Å². The Bertz CT molecular complexity index is 361. The lowest BCUT2D eigenvalue weighted by molar-refractivity contribution is -0.250. The highest BCUT2D eigenvalue weighted by Gasteiger charge is 2.54. The fraction of sp³-hybridized carbons (Fsp3) is 0.636. The summed E-state index contributed by atoms with van der Waals surface area (Å²) in [4.78, 5) is 22.6. The molecule has 1 aliphatic carbocycles. The fourth-order valence-electron chi connectivity index (χ4n) is 2.06. The molecule has 3 unspecified atom stereocenters. The maximum Gasteiger partial charge on any atom is 0.335 e. The summed E-state index contributed by atoms with van der Waals surface area (Å²) in [5.74, 6) is -2.82. The lowest BCUT2D eigenvalue weighted by Crippen LogP contribution is -2.48. The van der Waals surface area contributed by atoms with E-state index in [9.17, 15) is 14.7 Å². The third-order valence-corrected chi connectivity index (χ3v) is 3.06. The number of hydrogen-bond donors (Lipinski definition) is 1. The van der Waals surface area contributed by atoms with Crippen molar-refractivity contribution in [2.24, 2.45) is 5.92 Å². The Morgan fingerprint density at radius 3 is 3.00 bits per heavy atom. The van der Waals surface area contributed by atoms with Crippen LogP contribution >= 0.6 is 0 Å². The Balaban J connectivity index is 2.11. The maximum absolute atomic E-state index is 11.4. The van der Waals surface area contributed by atoms with Crippen LogP contribution in [-0.2, 0) is 19.1 Å². The molecule has 0 radical (unpaired) electrons. The molecular formula is C11H14O5. The van der Waals surface area contributed by atoms with Crippen LogP contribution in [0.5, 0.6) is 0 Å². The molecule has 16 heavy (non-hydrogen) atoms. The molecule has 0 aromatic heterocycles. The zero-order chi connectivity index (χ0) is 11.9. The number of carbonyl (C=O) groups is 2. The van der Waals surface area contributed by atoms with Crippen molar-refractivity contribution in [3.05, 3.63) is 12.2 Å². The standard InChI is InChI=1S/C11H14O5/c1-6(2)9(12)16-11(14)4-3-7-5-8(11)15-10(7)13/h7-8,14H,1,3-5H2,2H3. The minimum absolute atomic E-state index is 0.159. The number of ether oxygens (including phenoxy) is 2. The minimum atomic E-state index is -1.68. The number of fused-ring (bicyclic) bond motifs is 2. The van der Waals surface area contributed by atoms with Gasteiger partial charge in [0.2, 0.25) is 5.79 Å². The fourth-order valence-corrected chi connectivity index (χ4v) is 2.06. The average molecular weight is 226 g/mol. The number of carbonyl (C=O) groups excluding carboxylic acids is 2.